The maximum absolute atomic E-state index is 12.8. The van der Waals surface area contributed by atoms with E-state index in [1.807, 2.05) is 11.8 Å². The first kappa shape index (κ1) is 23.5. The average molecular weight is 453 g/mol. The van der Waals surface area contributed by atoms with Crippen LogP contribution in [0.15, 0.2) is 11.6 Å². The highest BCUT2D eigenvalue weighted by atomic mass is 16.6. The number of epoxide rings is 2. The number of hydrogen-bond acceptors (Lipinski definition) is 7. The van der Waals surface area contributed by atoms with Gasteiger partial charge in [-0.25, -0.2) is 4.79 Å². The molecular weight excluding hydrogens is 416 g/mol. The summed E-state index contributed by atoms with van der Waals surface area (Å²) in [5, 5.41) is 20.1. The number of aliphatic hydroxyl groups is 1. The number of allylic oxidation sites excluding steroid dienone is 1. The van der Waals surface area contributed by atoms with E-state index in [9.17, 15) is 14.7 Å². The summed E-state index contributed by atoms with van der Waals surface area (Å²) >= 11 is 0. The van der Waals surface area contributed by atoms with Crippen molar-refractivity contribution in [3.8, 4) is 0 Å². The van der Waals surface area contributed by atoms with E-state index in [2.05, 4.69) is 19.9 Å². The zero-order chi connectivity index (χ0) is 23.1. The monoisotopic (exact) mass is 452 g/mol. The molecule has 0 aromatic heterocycles. The Morgan fingerprint density at radius 2 is 1.91 bits per heavy atom. The minimum absolute atomic E-state index is 0.0338. The van der Waals surface area contributed by atoms with Crippen molar-refractivity contribution in [2.45, 2.75) is 76.0 Å². The summed E-state index contributed by atoms with van der Waals surface area (Å²) in [7, 11) is 0. The van der Waals surface area contributed by atoms with Crippen molar-refractivity contribution in [3.05, 3.63) is 11.6 Å². The Bertz CT molecular complexity index is 755. The van der Waals surface area contributed by atoms with Crippen molar-refractivity contribution in [2.75, 3.05) is 39.3 Å². The summed E-state index contributed by atoms with van der Waals surface area (Å²) in [6.07, 6.45) is 2.55. The van der Waals surface area contributed by atoms with Crippen molar-refractivity contribution in [1.82, 2.24) is 9.80 Å². The largest absolute Gasteiger partial charge is 0.481 e. The molecule has 2 N–H and O–H groups in total. The normalized spacial score (nSPS) is 38.9. The number of carbonyl (C=O) groups excluding carboxylic acids is 1. The molecule has 180 valence electrons. The molecule has 9 nitrogen and oxygen atoms in total. The molecule has 3 saturated heterocycles. The van der Waals surface area contributed by atoms with Crippen LogP contribution in [0.1, 0.15) is 46.5 Å². The molecule has 4 fully saturated rings. The minimum Gasteiger partial charge on any atom is -0.481 e. The number of carboxylic acid groups (broad SMARTS) is 1. The summed E-state index contributed by atoms with van der Waals surface area (Å²) in [5.74, 6) is -1.05. The third kappa shape index (κ3) is 4.81. The van der Waals surface area contributed by atoms with Gasteiger partial charge >= 0.3 is 12.1 Å². The van der Waals surface area contributed by atoms with Crippen LogP contribution in [0.3, 0.4) is 0 Å². The van der Waals surface area contributed by atoms with Crippen LogP contribution in [0.5, 0.6) is 0 Å². The molecular formula is C23H36N2O7. The topological polar surface area (TPSA) is 115 Å². The zero-order valence-electron chi connectivity index (χ0n) is 19.3. The third-order valence-corrected chi connectivity index (χ3v) is 7.52. The number of rotatable bonds is 7. The van der Waals surface area contributed by atoms with Gasteiger partial charge in [0, 0.05) is 32.7 Å². The maximum Gasteiger partial charge on any atom is 0.410 e. The number of ether oxygens (including phenoxy) is 3. The Labute approximate surface area is 189 Å². The van der Waals surface area contributed by atoms with Crippen LogP contribution in [-0.2, 0) is 19.0 Å². The zero-order valence-corrected chi connectivity index (χ0v) is 19.3. The van der Waals surface area contributed by atoms with Crippen LogP contribution in [0.25, 0.3) is 0 Å². The highest BCUT2D eigenvalue weighted by molar-refractivity contribution is 5.68. The van der Waals surface area contributed by atoms with Gasteiger partial charge in [0.2, 0.25) is 0 Å². The van der Waals surface area contributed by atoms with E-state index >= 15 is 0 Å². The fourth-order valence-electron chi connectivity index (χ4n) is 5.43. The summed E-state index contributed by atoms with van der Waals surface area (Å²) in [4.78, 5) is 27.2. The Hall–Kier alpha value is -1.68. The van der Waals surface area contributed by atoms with E-state index in [1.165, 1.54) is 5.57 Å². The molecule has 0 aromatic rings. The molecule has 1 saturated carbocycles. The first-order chi connectivity index (χ1) is 15.1. The summed E-state index contributed by atoms with van der Waals surface area (Å²) in [6.45, 7) is 9.46. The predicted octanol–water partition coefficient (Wildman–Crippen LogP) is 1.64. The van der Waals surface area contributed by atoms with Gasteiger partial charge in [0.15, 0.2) is 0 Å². The van der Waals surface area contributed by atoms with E-state index in [1.54, 1.807) is 4.90 Å². The van der Waals surface area contributed by atoms with Gasteiger partial charge in [-0.05, 0) is 40.0 Å². The van der Waals surface area contributed by atoms with Gasteiger partial charge in [-0.15, -0.1) is 0 Å². The second-order valence-corrected chi connectivity index (χ2v) is 10.1. The lowest BCUT2D eigenvalue weighted by Crippen LogP contribution is -2.56. The molecule has 0 radical (unpaired) electrons. The quantitative estimate of drug-likeness (QED) is 0.442. The highest BCUT2D eigenvalue weighted by Gasteiger charge is 2.71. The van der Waals surface area contributed by atoms with Gasteiger partial charge in [0.25, 0.3) is 0 Å². The number of aliphatic carboxylic acids is 1. The lowest BCUT2D eigenvalue weighted by atomic mass is 9.68. The predicted molar refractivity (Wildman–Crippen MR) is 115 cm³/mol. The number of aliphatic hydroxyl groups excluding tert-OH is 1. The summed E-state index contributed by atoms with van der Waals surface area (Å²) in [6, 6.07) is 0. The first-order valence-corrected chi connectivity index (χ1v) is 11.7. The molecule has 1 aliphatic carbocycles. The van der Waals surface area contributed by atoms with E-state index in [-0.39, 0.29) is 24.0 Å². The van der Waals surface area contributed by atoms with Gasteiger partial charge in [-0.1, -0.05) is 11.6 Å². The average Bonchev–Trinajstić information content (AvgIpc) is 3.65. The van der Waals surface area contributed by atoms with Gasteiger partial charge < -0.3 is 29.3 Å². The van der Waals surface area contributed by atoms with Gasteiger partial charge in [0.1, 0.15) is 17.3 Å². The van der Waals surface area contributed by atoms with Gasteiger partial charge in [-0.3, -0.25) is 9.69 Å². The molecule has 1 unspecified atom stereocenters. The van der Waals surface area contributed by atoms with Crippen molar-refractivity contribution in [2.24, 2.45) is 5.92 Å². The molecule has 4 aliphatic rings. The number of piperazine rings is 1. The standard InChI is InChI=1S/C23H36N2O7/c1-15(2)4-5-17-22(3,32-17)20-19(28)16(6-8-23(20)14-30-23)31-21(29)25-12-10-24(11-13-25)9-7-18(26)27/h4,16-17,19-20,28H,5-14H2,1-3H3,(H,26,27)/t16-,17-,19-,20-,22?,23+/m1/s1. The fourth-order valence-corrected chi connectivity index (χ4v) is 5.43. The SMILES string of the molecule is CC(C)=CC[C@H]1OC1(C)[C@H]1[C@H](O)[C@H](OC(=O)N2CCN(CCC(=O)O)CC2)CC[C@]12CO2. The van der Waals surface area contributed by atoms with Crippen LogP contribution >= 0.6 is 0 Å². The van der Waals surface area contributed by atoms with Gasteiger partial charge in [-0.2, -0.15) is 0 Å². The lowest BCUT2D eigenvalue weighted by molar-refractivity contribution is -0.137. The molecule has 3 heterocycles. The number of carboxylic acids is 1. The Kier molecular flexibility index (Phi) is 6.55. The van der Waals surface area contributed by atoms with E-state index in [0.29, 0.717) is 45.8 Å². The number of carbonyl (C=O) groups is 2. The van der Waals surface area contributed by atoms with Crippen LogP contribution < -0.4 is 0 Å². The minimum atomic E-state index is -0.839. The number of nitrogens with zero attached hydrogens (tertiary/aromatic N) is 2. The first-order valence-electron chi connectivity index (χ1n) is 11.7. The number of hydrogen-bond donors (Lipinski definition) is 2. The molecule has 4 rings (SSSR count). The van der Waals surface area contributed by atoms with Crippen LogP contribution in [0, 0.1) is 5.92 Å². The van der Waals surface area contributed by atoms with Crippen molar-refractivity contribution in [3.63, 3.8) is 0 Å². The van der Waals surface area contributed by atoms with E-state index in [4.69, 9.17) is 19.3 Å². The lowest BCUT2D eigenvalue weighted by Gasteiger charge is -2.42. The second-order valence-electron chi connectivity index (χ2n) is 10.1. The smallest absolute Gasteiger partial charge is 0.410 e. The molecule has 0 aromatic carbocycles. The molecule has 6 atom stereocenters. The van der Waals surface area contributed by atoms with Crippen LogP contribution in [-0.4, -0.2) is 101 Å². The number of amides is 1. The molecule has 1 amide bonds. The highest BCUT2D eigenvalue weighted by Crippen LogP contribution is 2.59. The van der Waals surface area contributed by atoms with Crippen molar-refractivity contribution < 1.29 is 34.0 Å². The maximum atomic E-state index is 12.8. The van der Waals surface area contributed by atoms with Crippen molar-refractivity contribution >= 4 is 12.1 Å². The summed E-state index contributed by atoms with van der Waals surface area (Å²) in [5.41, 5.74) is 0.384. The van der Waals surface area contributed by atoms with Crippen LogP contribution in [0.4, 0.5) is 4.79 Å². The van der Waals surface area contributed by atoms with Crippen LogP contribution in [0.2, 0.25) is 0 Å². The Morgan fingerprint density at radius 3 is 2.50 bits per heavy atom. The Morgan fingerprint density at radius 1 is 1.22 bits per heavy atom. The molecule has 3 aliphatic heterocycles. The van der Waals surface area contributed by atoms with Gasteiger partial charge in [0.05, 0.1) is 31.2 Å². The third-order valence-electron chi connectivity index (χ3n) is 7.52. The molecule has 0 bridgehead atoms. The molecule has 1 spiro atoms. The molecule has 9 heteroatoms. The summed E-state index contributed by atoms with van der Waals surface area (Å²) < 4.78 is 17.7. The Balaban J connectivity index is 1.33. The van der Waals surface area contributed by atoms with E-state index in [0.717, 1.165) is 12.8 Å². The molecule has 32 heavy (non-hydrogen) atoms. The van der Waals surface area contributed by atoms with E-state index < -0.39 is 29.9 Å². The fraction of sp³-hybridized carbons (Fsp3) is 0.826. The van der Waals surface area contributed by atoms with Crippen molar-refractivity contribution in [1.29, 1.82) is 0 Å². The second kappa shape index (κ2) is 8.93.